The lowest BCUT2D eigenvalue weighted by Gasteiger charge is -2.27. The minimum atomic E-state index is -0.208. The molecular weight excluding hydrogens is 300 g/mol. The van der Waals surface area contributed by atoms with E-state index in [1.54, 1.807) is 6.26 Å². The smallest absolute Gasteiger partial charge is 0.256 e. The van der Waals surface area contributed by atoms with Crippen molar-refractivity contribution in [2.45, 2.75) is 19.6 Å². The van der Waals surface area contributed by atoms with E-state index in [2.05, 4.69) is 18.3 Å². The lowest BCUT2D eigenvalue weighted by molar-refractivity contribution is 0.0715. The lowest BCUT2D eigenvalue weighted by Crippen LogP contribution is -2.31. The number of carbonyl (C=O) groups excluding carboxylic acids is 1. The van der Waals surface area contributed by atoms with Crippen LogP contribution in [0, 0.1) is 6.92 Å². The minimum absolute atomic E-state index is 0.0214. The van der Waals surface area contributed by atoms with Gasteiger partial charge in [0.15, 0.2) is 0 Å². The van der Waals surface area contributed by atoms with E-state index in [1.807, 2.05) is 59.5 Å². The van der Waals surface area contributed by atoms with Gasteiger partial charge in [-0.15, -0.1) is 0 Å². The van der Waals surface area contributed by atoms with Crippen molar-refractivity contribution in [2.24, 2.45) is 0 Å². The molecule has 1 atom stereocenters. The zero-order valence-electron chi connectivity index (χ0n) is 13.4. The molecule has 1 aromatic heterocycles. The molecule has 0 saturated heterocycles. The Kier molecular flexibility index (Phi) is 3.58. The maximum atomic E-state index is 12.9. The zero-order chi connectivity index (χ0) is 16.5. The fraction of sp³-hybridized carbons (Fsp3) is 0.150. The fourth-order valence-electron chi connectivity index (χ4n) is 3.14. The summed E-state index contributed by atoms with van der Waals surface area (Å²) in [6, 6.07) is 19.6. The average Bonchev–Trinajstić information content (AvgIpc) is 3.20. The number of aryl methyl sites for hydroxylation is 1. The number of benzene rings is 2. The van der Waals surface area contributed by atoms with Gasteiger partial charge in [-0.2, -0.15) is 0 Å². The molecule has 0 unspecified atom stereocenters. The largest absolute Gasteiger partial charge is 0.467 e. The van der Waals surface area contributed by atoms with Crippen LogP contribution < -0.4 is 5.32 Å². The molecule has 0 aliphatic carbocycles. The number of anilines is 1. The number of nitrogens with zero attached hydrogens (tertiary/aromatic N) is 1. The minimum Gasteiger partial charge on any atom is -0.467 e. The molecule has 3 aromatic rings. The second kappa shape index (κ2) is 5.89. The van der Waals surface area contributed by atoms with Gasteiger partial charge in [0.2, 0.25) is 0 Å². The van der Waals surface area contributed by atoms with Gasteiger partial charge in [-0.05, 0) is 36.8 Å². The summed E-state index contributed by atoms with van der Waals surface area (Å²) in [5, 5.41) is 3.52. The highest BCUT2D eigenvalue weighted by Gasteiger charge is 2.37. The number of para-hydroxylation sites is 1. The van der Waals surface area contributed by atoms with Crippen LogP contribution in [0.4, 0.5) is 5.69 Å². The molecule has 1 N–H and O–H groups in total. The summed E-state index contributed by atoms with van der Waals surface area (Å²) < 4.78 is 5.44. The number of nitrogens with one attached hydrogen (secondary N) is 1. The molecule has 2 heterocycles. The molecule has 0 radical (unpaired) electrons. The first-order chi connectivity index (χ1) is 11.7. The quantitative estimate of drug-likeness (QED) is 0.777. The monoisotopic (exact) mass is 318 g/mol. The Labute approximate surface area is 140 Å². The summed E-state index contributed by atoms with van der Waals surface area (Å²) in [7, 11) is 0. The second-order valence-electron chi connectivity index (χ2n) is 5.96. The maximum absolute atomic E-state index is 12.9. The van der Waals surface area contributed by atoms with Crippen LogP contribution in [-0.4, -0.2) is 10.8 Å². The van der Waals surface area contributed by atoms with Crippen LogP contribution in [0.25, 0.3) is 0 Å². The normalized spacial score (nSPS) is 16.3. The topological polar surface area (TPSA) is 45.5 Å². The molecular formula is C20H18N2O2. The SMILES string of the molecule is Cc1ccccc1N[C@@H]1c2ccccc2C(=O)N1Cc1ccco1. The number of fused-ring (bicyclic) bond motifs is 1. The highest BCUT2D eigenvalue weighted by Crippen LogP contribution is 2.36. The third-order valence-corrected chi connectivity index (χ3v) is 4.40. The Morgan fingerprint density at radius 1 is 1.04 bits per heavy atom. The molecule has 4 nitrogen and oxygen atoms in total. The molecule has 120 valence electrons. The first kappa shape index (κ1) is 14.6. The van der Waals surface area contributed by atoms with Gasteiger partial charge in [0, 0.05) is 16.8 Å². The fourth-order valence-corrected chi connectivity index (χ4v) is 3.14. The third kappa shape index (κ3) is 2.46. The van der Waals surface area contributed by atoms with Gasteiger partial charge in [-0.3, -0.25) is 4.79 Å². The van der Waals surface area contributed by atoms with Gasteiger partial charge in [0.1, 0.15) is 11.9 Å². The molecule has 1 aliphatic heterocycles. The zero-order valence-corrected chi connectivity index (χ0v) is 13.4. The molecule has 0 bridgehead atoms. The molecule has 1 aliphatic rings. The van der Waals surface area contributed by atoms with Crippen LogP contribution in [0.1, 0.15) is 33.4 Å². The van der Waals surface area contributed by atoms with E-state index < -0.39 is 0 Å². The van der Waals surface area contributed by atoms with Crippen molar-refractivity contribution in [2.75, 3.05) is 5.32 Å². The first-order valence-electron chi connectivity index (χ1n) is 7.98. The van der Waals surface area contributed by atoms with Crippen molar-refractivity contribution in [1.29, 1.82) is 0 Å². The Morgan fingerprint density at radius 3 is 2.62 bits per heavy atom. The van der Waals surface area contributed by atoms with E-state index in [0.717, 1.165) is 28.1 Å². The first-order valence-corrected chi connectivity index (χ1v) is 7.98. The van der Waals surface area contributed by atoms with Crippen LogP contribution in [-0.2, 0) is 6.54 Å². The van der Waals surface area contributed by atoms with Crippen LogP contribution in [0.15, 0.2) is 71.3 Å². The predicted molar refractivity (Wildman–Crippen MR) is 92.6 cm³/mol. The number of carbonyl (C=O) groups is 1. The van der Waals surface area contributed by atoms with Crippen molar-refractivity contribution in [3.63, 3.8) is 0 Å². The van der Waals surface area contributed by atoms with Crippen LogP contribution in [0.2, 0.25) is 0 Å². The van der Waals surface area contributed by atoms with E-state index in [9.17, 15) is 4.79 Å². The highest BCUT2D eigenvalue weighted by molar-refractivity contribution is 5.99. The Bertz CT molecular complexity index is 871. The average molecular weight is 318 g/mol. The maximum Gasteiger partial charge on any atom is 0.256 e. The van der Waals surface area contributed by atoms with Crippen molar-refractivity contribution in [3.8, 4) is 0 Å². The summed E-state index contributed by atoms with van der Waals surface area (Å²) in [5.74, 6) is 0.792. The van der Waals surface area contributed by atoms with Gasteiger partial charge in [0.25, 0.3) is 5.91 Å². The predicted octanol–water partition coefficient (Wildman–Crippen LogP) is 4.35. The van der Waals surface area contributed by atoms with Crippen molar-refractivity contribution in [1.82, 2.24) is 4.90 Å². The summed E-state index contributed by atoms with van der Waals surface area (Å²) in [4.78, 5) is 14.7. The van der Waals surface area contributed by atoms with E-state index >= 15 is 0 Å². The van der Waals surface area contributed by atoms with Gasteiger partial charge in [-0.1, -0.05) is 36.4 Å². The highest BCUT2D eigenvalue weighted by atomic mass is 16.3. The van der Waals surface area contributed by atoms with E-state index in [0.29, 0.717) is 6.54 Å². The second-order valence-corrected chi connectivity index (χ2v) is 5.96. The molecule has 1 amide bonds. The third-order valence-electron chi connectivity index (χ3n) is 4.40. The Morgan fingerprint density at radius 2 is 1.83 bits per heavy atom. The Hall–Kier alpha value is -3.01. The Balaban J connectivity index is 1.72. The number of rotatable bonds is 4. The van der Waals surface area contributed by atoms with Gasteiger partial charge >= 0.3 is 0 Å². The molecule has 2 aromatic carbocycles. The van der Waals surface area contributed by atoms with Crippen molar-refractivity contribution in [3.05, 3.63) is 89.4 Å². The molecule has 4 heteroatoms. The number of hydrogen-bond acceptors (Lipinski definition) is 3. The molecule has 24 heavy (non-hydrogen) atoms. The summed E-state index contributed by atoms with van der Waals surface area (Å²) in [6.07, 6.45) is 1.42. The molecule has 0 spiro atoms. The van der Waals surface area contributed by atoms with E-state index in [4.69, 9.17) is 4.42 Å². The number of furan rings is 1. The molecule has 4 rings (SSSR count). The van der Waals surface area contributed by atoms with E-state index in [1.165, 1.54) is 0 Å². The van der Waals surface area contributed by atoms with Crippen LogP contribution in [0.5, 0.6) is 0 Å². The lowest BCUT2D eigenvalue weighted by atomic mass is 10.1. The summed E-state index contributed by atoms with van der Waals surface area (Å²) in [5.41, 5.74) is 3.91. The number of hydrogen-bond donors (Lipinski definition) is 1. The van der Waals surface area contributed by atoms with Gasteiger partial charge in [0.05, 0.1) is 12.8 Å². The summed E-state index contributed by atoms with van der Waals surface area (Å²) >= 11 is 0. The van der Waals surface area contributed by atoms with Crippen molar-refractivity contribution < 1.29 is 9.21 Å². The summed E-state index contributed by atoms with van der Waals surface area (Å²) in [6.45, 7) is 2.49. The molecule has 0 saturated carbocycles. The van der Waals surface area contributed by atoms with Gasteiger partial charge in [-0.25, -0.2) is 0 Å². The van der Waals surface area contributed by atoms with Crippen molar-refractivity contribution >= 4 is 11.6 Å². The van der Waals surface area contributed by atoms with Gasteiger partial charge < -0.3 is 14.6 Å². The number of amides is 1. The van der Waals surface area contributed by atoms with Crippen LogP contribution in [0.3, 0.4) is 0 Å². The molecule has 0 fully saturated rings. The van der Waals surface area contributed by atoms with Crippen LogP contribution >= 0.6 is 0 Å². The standard InChI is InChI=1S/C20H18N2O2/c1-14-7-2-5-11-18(14)21-19-16-9-3-4-10-17(16)20(23)22(19)13-15-8-6-12-24-15/h2-12,19,21H,13H2,1H3/t19-/m0/s1. The van der Waals surface area contributed by atoms with E-state index in [-0.39, 0.29) is 12.1 Å².